The number of aromatic nitrogens is 3. The molecule has 0 bridgehead atoms. The average molecular weight is 253 g/mol. The van der Waals surface area contributed by atoms with Crippen LogP contribution >= 0.6 is 0 Å². The van der Waals surface area contributed by atoms with Crippen molar-refractivity contribution in [3.63, 3.8) is 0 Å². The molecule has 0 aliphatic rings. The van der Waals surface area contributed by atoms with Gasteiger partial charge in [-0.05, 0) is 30.2 Å². The summed E-state index contributed by atoms with van der Waals surface area (Å²) in [6.45, 7) is 0. The molecule has 0 saturated heterocycles. The summed E-state index contributed by atoms with van der Waals surface area (Å²) in [5.74, 6) is 1.89. The van der Waals surface area contributed by atoms with Crippen molar-refractivity contribution in [1.29, 1.82) is 0 Å². The molecule has 19 heavy (non-hydrogen) atoms. The fourth-order valence-electron chi connectivity index (χ4n) is 2.08. The summed E-state index contributed by atoms with van der Waals surface area (Å²) < 4.78 is 5.15. The van der Waals surface area contributed by atoms with Gasteiger partial charge in [0.25, 0.3) is 0 Å². The second-order valence-electron chi connectivity index (χ2n) is 4.42. The maximum absolute atomic E-state index is 5.15. The highest BCUT2D eigenvalue weighted by Gasteiger charge is 2.03. The minimum absolute atomic E-state index is 0.888. The number of nitrogens with zero attached hydrogens (tertiary/aromatic N) is 2. The molecule has 96 valence electrons. The number of aromatic amines is 1. The molecular formula is C15H15N3O. The first-order valence-electron chi connectivity index (χ1n) is 6.27. The number of imidazole rings is 1. The van der Waals surface area contributed by atoms with E-state index in [2.05, 4.69) is 27.1 Å². The highest BCUT2D eigenvalue weighted by atomic mass is 16.5. The maximum atomic E-state index is 5.15. The molecule has 0 atom stereocenters. The summed E-state index contributed by atoms with van der Waals surface area (Å²) in [7, 11) is 1.68. The first kappa shape index (κ1) is 11.7. The fourth-order valence-corrected chi connectivity index (χ4v) is 2.08. The van der Waals surface area contributed by atoms with E-state index in [4.69, 9.17) is 4.74 Å². The second-order valence-corrected chi connectivity index (χ2v) is 4.42. The summed E-state index contributed by atoms with van der Waals surface area (Å²) in [5.41, 5.74) is 3.24. The monoisotopic (exact) mass is 253 g/mol. The largest absolute Gasteiger partial charge is 0.497 e. The molecule has 4 heteroatoms. The van der Waals surface area contributed by atoms with Gasteiger partial charge in [-0.1, -0.05) is 12.1 Å². The van der Waals surface area contributed by atoms with Crippen LogP contribution in [0.1, 0.15) is 11.4 Å². The lowest BCUT2D eigenvalue weighted by Gasteiger charge is -2.02. The van der Waals surface area contributed by atoms with Crippen LogP contribution in [0.25, 0.3) is 11.0 Å². The molecule has 0 saturated carbocycles. The van der Waals surface area contributed by atoms with Crippen molar-refractivity contribution in [2.75, 3.05) is 7.11 Å². The van der Waals surface area contributed by atoms with Gasteiger partial charge in [-0.15, -0.1) is 0 Å². The Labute approximate surface area is 111 Å². The minimum atomic E-state index is 0.888. The molecule has 0 radical (unpaired) electrons. The highest BCUT2D eigenvalue weighted by molar-refractivity contribution is 5.73. The summed E-state index contributed by atoms with van der Waals surface area (Å²) >= 11 is 0. The second kappa shape index (κ2) is 5.10. The zero-order valence-corrected chi connectivity index (χ0v) is 10.8. The smallest absolute Gasteiger partial charge is 0.118 e. The minimum Gasteiger partial charge on any atom is -0.497 e. The molecule has 0 spiro atoms. The number of pyridine rings is 1. The van der Waals surface area contributed by atoms with Gasteiger partial charge in [-0.25, -0.2) is 4.98 Å². The lowest BCUT2D eigenvalue weighted by atomic mass is 10.1. The number of rotatable bonds is 4. The van der Waals surface area contributed by atoms with Crippen molar-refractivity contribution >= 4 is 11.0 Å². The van der Waals surface area contributed by atoms with Crippen LogP contribution in [0.3, 0.4) is 0 Å². The van der Waals surface area contributed by atoms with E-state index in [1.807, 2.05) is 18.2 Å². The van der Waals surface area contributed by atoms with Crippen molar-refractivity contribution in [2.45, 2.75) is 12.8 Å². The molecule has 2 aromatic heterocycles. The number of methoxy groups -OCH3 is 1. The average Bonchev–Trinajstić information content (AvgIpc) is 2.88. The van der Waals surface area contributed by atoms with Gasteiger partial charge in [0.2, 0.25) is 0 Å². The molecule has 1 aromatic carbocycles. The number of benzene rings is 1. The molecule has 1 N–H and O–H groups in total. The predicted octanol–water partition coefficient (Wildman–Crippen LogP) is 2.75. The Morgan fingerprint density at radius 2 is 1.95 bits per heavy atom. The molecule has 2 heterocycles. The fraction of sp³-hybridized carbons (Fsp3) is 0.200. The van der Waals surface area contributed by atoms with Crippen molar-refractivity contribution < 1.29 is 4.74 Å². The standard InChI is InChI=1S/C15H15N3O/c1-19-12-5-2-11(3-6-12)4-7-15-17-13-8-9-16-10-14(13)18-15/h2-3,5-6,8-10H,4,7H2,1H3,(H,17,18). The van der Waals surface area contributed by atoms with Crippen LogP contribution in [0.15, 0.2) is 42.7 Å². The van der Waals surface area contributed by atoms with E-state index in [0.29, 0.717) is 0 Å². The zero-order chi connectivity index (χ0) is 13.1. The van der Waals surface area contributed by atoms with Gasteiger partial charge in [0.05, 0.1) is 24.3 Å². The van der Waals surface area contributed by atoms with Crippen LogP contribution in [0.2, 0.25) is 0 Å². The lowest BCUT2D eigenvalue weighted by molar-refractivity contribution is 0.414. The number of hydrogen-bond donors (Lipinski definition) is 1. The van der Waals surface area contributed by atoms with Crippen LogP contribution in [0.5, 0.6) is 5.75 Å². The van der Waals surface area contributed by atoms with Crippen LogP contribution in [0, 0.1) is 0 Å². The van der Waals surface area contributed by atoms with E-state index in [1.54, 1.807) is 19.5 Å². The molecule has 0 amide bonds. The molecule has 0 fully saturated rings. The van der Waals surface area contributed by atoms with Crippen LogP contribution in [0.4, 0.5) is 0 Å². The zero-order valence-electron chi connectivity index (χ0n) is 10.8. The van der Waals surface area contributed by atoms with Crippen molar-refractivity contribution in [3.05, 3.63) is 54.1 Å². The van der Waals surface area contributed by atoms with Gasteiger partial charge in [-0.3, -0.25) is 4.98 Å². The van der Waals surface area contributed by atoms with Gasteiger partial charge in [0, 0.05) is 12.6 Å². The van der Waals surface area contributed by atoms with Crippen molar-refractivity contribution in [2.24, 2.45) is 0 Å². The number of nitrogens with one attached hydrogen (secondary N) is 1. The van der Waals surface area contributed by atoms with Gasteiger partial charge < -0.3 is 9.72 Å². The number of hydrogen-bond acceptors (Lipinski definition) is 3. The Balaban J connectivity index is 1.70. The van der Waals surface area contributed by atoms with E-state index in [-0.39, 0.29) is 0 Å². The molecule has 3 aromatic rings. The summed E-state index contributed by atoms with van der Waals surface area (Å²) in [4.78, 5) is 11.9. The Bertz CT molecular complexity index is 640. The Hall–Kier alpha value is -2.36. The third kappa shape index (κ3) is 2.57. The lowest BCUT2D eigenvalue weighted by Crippen LogP contribution is -1.93. The van der Waals surface area contributed by atoms with E-state index in [1.165, 1.54) is 5.56 Å². The Morgan fingerprint density at radius 3 is 2.68 bits per heavy atom. The van der Waals surface area contributed by atoms with Gasteiger partial charge in [0.1, 0.15) is 11.6 Å². The van der Waals surface area contributed by atoms with E-state index in [9.17, 15) is 0 Å². The van der Waals surface area contributed by atoms with E-state index in [0.717, 1.165) is 35.4 Å². The first-order chi connectivity index (χ1) is 9.35. The van der Waals surface area contributed by atoms with E-state index >= 15 is 0 Å². The highest BCUT2D eigenvalue weighted by Crippen LogP contribution is 2.14. The van der Waals surface area contributed by atoms with Crippen LogP contribution in [-0.4, -0.2) is 22.1 Å². The molecule has 0 aliphatic heterocycles. The van der Waals surface area contributed by atoms with Crippen molar-refractivity contribution in [1.82, 2.24) is 15.0 Å². The quantitative estimate of drug-likeness (QED) is 0.777. The SMILES string of the molecule is COc1ccc(CCc2nc3ccncc3[nH]2)cc1. The van der Waals surface area contributed by atoms with Crippen LogP contribution in [-0.2, 0) is 12.8 Å². The molecule has 0 aliphatic carbocycles. The number of H-pyrrole nitrogens is 1. The van der Waals surface area contributed by atoms with Gasteiger partial charge >= 0.3 is 0 Å². The number of aryl methyl sites for hydroxylation is 2. The predicted molar refractivity (Wildman–Crippen MR) is 74.3 cm³/mol. The number of ether oxygens (including phenoxy) is 1. The summed E-state index contributed by atoms with van der Waals surface area (Å²) in [6.07, 6.45) is 5.41. The third-order valence-electron chi connectivity index (χ3n) is 3.14. The normalized spacial score (nSPS) is 10.8. The third-order valence-corrected chi connectivity index (χ3v) is 3.14. The number of fused-ring (bicyclic) bond motifs is 1. The van der Waals surface area contributed by atoms with E-state index < -0.39 is 0 Å². The molecular weight excluding hydrogens is 238 g/mol. The topological polar surface area (TPSA) is 50.8 Å². The summed E-state index contributed by atoms with van der Waals surface area (Å²) in [5, 5.41) is 0. The van der Waals surface area contributed by atoms with Gasteiger partial charge in [0.15, 0.2) is 0 Å². The van der Waals surface area contributed by atoms with Gasteiger partial charge in [-0.2, -0.15) is 0 Å². The van der Waals surface area contributed by atoms with Crippen LogP contribution < -0.4 is 4.74 Å². The van der Waals surface area contributed by atoms with Crippen molar-refractivity contribution in [3.8, 4) is 5.75 Å². The first-order valence-corrected chi connectivity index (χ1v) is 6.27. The molecule has 4 nitrogen and oxygen atoms in total. The molecule has 3 rings (SSSR count). The Morgan fingerprint density at radius 1 is 1.11 bits per heavy atom. The maximum Gasteiger partial charge on any atom is 0.118 e. The summed E-state index contributed by atoms with van der Waals surface area (Å²) in [6, 6.07) is 10.1. The molecule has 0 unspecified atom stereocenters. The Kier molecular flexibility index (Phi) is 3.14.